The summed E-state index contributed by atoms with van der Waals surface area (Å²) in [4.78, 5) is 8.32. The second-order valence-electron chi connectivity index (χ2n) is 2.96. The molecule has 0 aromatic carbocycles. The lowest BCUT2D eigenvalue weighted by Crippen LogP contribution is -2.02. The monoisotopic (exact) mass is 160 g/mol. The number of hydrogen-bond acceptors (Lipinski definition) is 2. The Morgan fingerprint density at radius 3 is 1.67 bits per heavy atom. The van der Waals surface area contributed by atoms with Gasteiger partial charge in [-0.05, 0) is 11.1 Å². The topological polar surface area (TPSA) is 24.7 Å². The van der Waals surface area contributed by atoms with Gasteiger partial charge in [0.15, 0.2) is 0 Å². The van der Waals surface area contributed by atoms with E-state index < -0.39 is 0 Å². The molecule has 0 spiro atoms. The zero-order chi connectivity index (χ0) is 8.23. The predicted octanol–water partition coefficient (Wildman–Crippen LogP) is 1.79. The molecule has 0 bridgehead atoms. The molecule has 0 N–H and O–H groups in total. The summed E-state index contributed by atoms with van der Waals surface area (Å²) in [6.45, 7) is 1.70. The van der Waals surface area contributed by atoms with Crippen molar-refractivity contribution in [2.75, 3.05) is 13.1 Å². The smallest absolute Gasteiger partial charge is 0.0572 e. The molecule has 2 heterocycles. The Bertz CT molecular complexity index is 252. The largest absolute Gasteiger partial charge is 0.293 e. The van der Waals surface area contributed by atoms with Gasteiger partial charge in [0, 0.05) is 25.3 Å². The average Bonchev–Trinajstić information content (AvgIpc) is 2.21. The average molecular weight is 160 g/mol. The third-order valence-corrected chi connectivity index (χ3v) is 2.18. The van der Waals surface area contributed by atoms with Crippen molar-refractivity contribution in [3.8, 4) is 0 Å². The van der Waals surface area contributed by atoms with Crippen LogP contribution in [-0.4, -0.2) is 25.5 Å². The Hall–Kier alpha value is -1.18. The standard InChI is InChI=1S/C10H12N2/c1-5-11-6-2-9(1)10-3-7-12-8-4-10/h1,3,6,8H,2,4-5,7H2. The second-order valence-corrected chi connectivity index (χ2v) is 2.96. The van der Waals surface area contributed by atoms with Crippen molar-refractivity contribution in [3.63, 3.8) is 0 Å². The molecule has 0 aliphatic carbocycles. The Kier molecular flexibility index (Phi) is 2.16. The number of dihydropyridines is 2. The maximum atomic E-state index is 4.16. The number of hydrogen-bond donors (Lipinski definition) is 0. The Morgan fingerprint density at radius 2 is 1.33 bits per heavy atom. The molecule has 0 fully saturated rings. The van der Waals surface area contributed by atoms with Crippen LogP contribution in [0.3, 0.4) is 0 Å². The molecule has 0 aromatic rings. The van der Waals surface area contributed by atoms with Crippen molar-refractivity contribution >= 4 is 12.4 Å². The highest BCUT2D eigenvalue weighted by Gasteiger charge is 2.06. The number of nitrogens with zero attached hydrogens (tertiary/aromatic N) is 2. The minimum absolute atomic E-state index is 0.851. The van der Waals surface area contributed by atoms with E-state index in [9.17, 15) is 0 Å². The molecule has 0 atom stereocenters. The van der Waals surface area contributed by atoms with Gasteiger partial charge >= 0.3 is 0 Å². The fraction of sp³-hybridized carbons (Fsp3) is 0.400. The molecule has 2 aliphatic rings. The lowest BCUT2D eigenvalue weighted by Gasteiger charge is -2.12. The summed E-state index contributed by atoms with van der Waals surface area (Å²) in [7, 11) is 0. The first kappa shape index (κ1) is 7.47. The molecule has 2 aliphatic heterocycles. The van der Waals surface area contributed by atoms with Crippen LogP contribution in [-0.2, 0) is 0 Å². The van der Waals surface area contributed by atoms with Crippen LogP contribution in [0.5, 0.6) is 0 Å². The minimum atomic E-state index is 0.851. The van der Waals surface area contributed by atoms with Crippen LogP contribution in [0.2, 0.25) is 0 Å². The fourth-order valence-electron chi connectivity index (χ4n) is 1.49. The van der Waals surface area contributed by atoms with Gasteiger partial charge in [-0.3, -0.25) is 9.98 Å². The fourth-order valence-corrected chi connectivity index (χ4v) is 1.49. The molecule has 0 saturated carbocycles. The van der Waals surface area contributed by atoms with Gasteiger partial charge < -0.3 is 0 Å². The molecule has 0 aromatic heterocycles. The maximum Gasteiger partial charge on any atom is 0.0572 e. The molecule has 62 valence electrons. The zero-order valence-electron chi connectivity index (χ0n) is 7.03. The molecule has 12 heavy (non-hydrogen) atoms. The number of aliphatic imine (C=N–C) groups is 2. The molecule has 2 heteroatoms. The number of rotatable bonds is 1. The Balaban J connectivity index is 2.08. The highest BCUT2D eigenvalue weighted by atomic mass is 14.7. The quantitative estimate of drug-likeness (QED) is 0.558. The summed E-state index contributed by atoms with van der Waals surface area (Å²) in [6.07, 6.45) is 10.4. The highest BCUT2D eigenvalue weighted by Crippen LogP contribution is 2.19. The van der Waals surface area contributed by atoms with Gasteiger partial charge in [0.05, 0.1) is 13.1 Å². The van der Waals surface area contributed by atoms with Crippen LogP contribution < -0.4 is 0 Å². The van der Waals surface area contributed by atoms with Crippen molar-refractivity contribution in [1.82, 2.24) is 0 Å². The van der Waals surface area contributed by atoms with Gasteiger partial charge in [0.1, 0.15) is 0 Å². The molecule has 0 saturated heterocycles. The van der Waals surface area contributed by atoms with Gasteiger partial charge in [-0.1, -0.05) is 12.2 Å². The van der Waals surface area contributed by atoms with E-state index in [1.165, 1.54) is 11.1 Å². The van der Waals surface area contributed by atoms with Crippen LogP contribution in [0.15, 0.2) is 33.3 Å². The first-order chi connectivity index (χ1) is 5.97. The summed E-state index contributed by atoms with van der Waals surface area (Å²) in [5.41, 5.74) is 2.88. The van der Waals surface area contributed by atoms with E-state index in [2.05, 4.69) is 22.1 Å². The van der Waals surface area contributed by atoms with Gasteiger partial charge in [-0.15, -0.1) is 0 Å². The van der Waals surface area contributed by atoms with Crippen LogP contribution in [0.1, 0.15) is 12.8 Å². The second kappa shape index (κ2) is 3.48. The molecule has 0 amide bonds. The van der Waals surface area contributed by atoms with Crippen molar-refractivity contribution in [3.05, 3.63) is 23.3 Å². The SMILES string of the molecule is C1=NCC=C(C2=CCN=CC2)C1. The van der Waals surface area contributed by atoms with Gasteiger partial charge in [-0.25, -0.2) is 0 Å². The molecule has 2 nitrogen and oxygen atoms in total. The third kappa shape index (κ3) is 1.52. The van der Waals surface area contributed by atoms with E-state index >= 15 is 0 Å². The molecule has 2 rings (SSSR count). The number of allylic oxidation sites excluding steroid dienone is 2. The van der Waals surface area contributed by atoms with Crippen LogP contribution >= 0.6 is 0 Å². The summed E-state index contributed by atoms with van der Waals surface area (Å²) in [5.74, 6) is 0. The van der Waals surface area contributed by atoms with Crippen molar-refractivity contribution in [2.45, 2.75) is 12.8 Å². The van der Waals surface area contributed by atoms with Crippen molar-refractivity contribution in [2.24, 2.45) is 9.98 Å². The maximum absolute atomic E-state index is 4.16. The Morgan fingerprint density at radius 1 is 0.833 bits per heavy atom. The molecular weight excluding hydrogens is 148 g/mol. The molecule has 0 unspecified atom stereocenters. The predicted molar refractivity (Wildman–Crippen MR) is 52.1 cm³/mol. The van der Waals surface area contributed by atoms with E-state index in [0.717, 1.165) is 25.9 Å². The van der Waals surface area contributed by atoms with E-state index in [4.69, 9.17) is 0 Å². The van der Waals surface area contributed by atoms with Crippen LogP contribution in [0.25, 0.3) is 0 Å². The summed E-state index contributed by atoms with van der Waals surface area (Å²) in [5, 5.41) is 0. The summed E-state index contributed by atoms with van der Waals surface area (Å²) >= 11 is 0. The van der Waals surface area contributed by atoms with E-state index in [0.29, 0.717) is 0 Å². The Labute approximate surface area is 72.4 Å². The van der Waals surface area contributed by atoms with E-state index in [1.807, 2.05) is 12.4 Å². The highest BCUT2D eigenvalue weighted by molar-refractivity contribution is 5.70. The van der Waals surface area contributed by atoms with E-state index in [-0.39, 0.29) is 0 Å². The van der Waals surface area contributed by atoms with Crippen molar-refractivity contribution < 1.29 is 0 Å². The van der Waals surface area contributed by atoms with Gasteiger partial charge in [0.25, 0.3) is 0 Å². The summed E-state index contributed by atoms with van der Waals surface area (Å²) < 4.78 is 0. The first-order valence-corrected chi connectivity index (χ1v) is 4.32. The van der Waals surface area contributed by atoms with Gasteiger partial charge in [0.2, 0.25) is 0 Å². The van der Waals surface area contributed by atoms with Crippen LogP contribution in [0, 0.1) is 0 Å². The summed E-state index contributed by atoms with van der Waals surface area (Å²) in [6, 6.07) is 0. The van der Waals surface area contributed by atoms with Crippen LogP contribution in [0.4, 0.5) is 0 Å². The molecular formula is C10H12N2. The minimum Gasteiger partial charge on any atom is -0.293 e. The lowest BCUT2D eigenvalue weighted by molar-refractivity contribution is 1.07. The van der Waals surface area contributed by atoms with Crippen molar-refractivity contribution in [1.29, 1.82) is 0 Å². The third-order valence-electron chi connectivity index (χ3n) is 2.18. The molecule has 0 radical (unpaired) electrons. The first-order valence-electron chi connectivity index (χ1n) is 4.32. The normalized spacial score (nSPS) is 22.0. The van der Waals surface area contributed by atoms with E-state index in [1.54, 1.807) is 0 Å². The van der Waals surface area contributed by atoms with Gasteiger partial charge in [-0.2, -0.15) is 0 Å². The zero-order valence-corrected chi connectivity index (χ0v) is 7.03. The lowest BCUT2D eigenvalue weighted by atomic mass is 9.98.